The van der Waals surface area contributed by atoms with Crippen molar-refractivity contribution >= 4 is 23.7 Å². The van der Waals surface area contributed by atoms with Crippen molar-refractivity contribution in [3.05, 3.63) is 29.3 Å². The van der Waals surface area contributed by atoms with Gasteiger partial charge in [0.2, 0.25) is 0 Å². The first-order chi connectivity index (χ1) is 13.6. The van der Waals surface area contributed by atoms with Gasteiger partial charge in [-0.15, -0.1) is 0 Å². The molecule has 1 fully saturated rings. The highest BCUT2D eigenvalue weighted by atomic mass is 16.6. The lowest BCUT2D eigenvalue weighted by atomic mass is 10.1. The first-order valence-corrected chi connectivity index (χ1v) is 10.3. The third kappa shape index (κ3) is 5.28. The van der Waals surface area contributed by atoms with E-state index in [-0.39, 0.29) is 0 Å². The van der Waals surface area contributed by atoms with Crippen molar-refractivity contribution in [3.8, 4) is 0 Å². The number of anilines is 1. The van der Waals surface area contributed by atoms with Gasteiger partial charge in [0.25, 0.3) is 5.91 Å². The molecule has 1 aromatic carbocycles. The number of esters is 1. The predicted molar refractivity (Wildman–Crippen MR) is 109 cm³/mol. The van der Waals surface area contributed by atoms with Crippen molar-refractivity contribution in [2.45, 2.75) is 77.5 Å². The van der Waals surface area contributed by atoms with Gasteiger partial charge in [-0.3, -0.25) is 9.69 Å². The molecule has 2 aliphatic rings. The van der Waals surface area contributed by atoms with Crippen LogP contribution in [0.4, 0.5) is 10.5 Å². The summed E-state index contributed by atoms with van der Waals surface area (Å²) < 4.78 is 10.7. The van der Waals surface area contributed by atoms with Crippen LogP contribution >= 0.6 is 0 Å². The van der Waals surface area contributed by atoms with Crippen molar-refractivity contribution in [1.82, 2.24) is 4.90 Å². The van der Waals surface area contributed by atoms with Crippen LogP contribution in [0.3, 0.4) is 0 Å². The molecule has 1 aromatic rings. The summed E-state index contributed by atoms with van der Waals surface area (Å²) in [6.07, 6.45) is 2.92. The molecule has 0 radical (unpaired) electrons. The number of nitrogens with zero attached hydrogens (tertiary/aromatic N) is 1. The smallest absolute Gasteiger partial charge is 0.411 e. The molecule has 29 heavy (non-hydrogen) atoms. The number of nitrogens with one attached hydrogen (secondary N) is 1. The molecule has 7 nitrogen and oxygen atoms in total. The number of hydrogen-bond acceptors (Lipinski definition) is 5. The fourth-order valence-electron chi connectivity index (χ4n) is 3.75. The first kappa shape index (κ1) is 21.1. The molecule has 1 saturated heterocycles. The van der Waals surface area contributed by atoms with E-state index in [1.807, 2.05) is 18.2 Å². The molecule has 7 heteroatoms. The van der Waals surface area contributed by atoms with Gasteiger partial charge in [0.05, 0.1) is 0 Å². The number of likely N-dealkylation sites (tertiary alicyclic amines) is 1. The van der Waals surface area contributed by atoms with Crippen molar-refractivity contribution in [2.24, 2.45) is 0 Å². The Hall–Kier alpha value is -2.57. The average molecular weight is 402 g/mol. The molecule has 0 bridgehead atoms. The number of rotatable bonds is 4. The van der Waals surface area contributed by atoms with Gasteiger partial charge in [-0.1, -0.05) is 6.07 Å². The molecule has 0 saturated carbocycles. The van der Waals surface area contributed by atoms with Gasteiger partial charge in [0.1, 0.15) is 11.6 Å². The normalized spacial score (nSPS) is 19.4. The Morgan fingerprint density at radius 2 is 1.86 bits per heavy atom. The zero-order valence-corrected chi connectivity index (χ0v) is 17.6. The number of carbonyl (C=O) groups is 3. The van der Waals surface area contributed by atoms with Gasteiger partial charge in [-0.2, -0.15) is 0 Å². The first-order valence-electron chi connectivity index (χ1n) is 10.3. The largest absolute Gasteiger partial charge is 0.451 e. The molecule has 2 amide bonds. The van der Waals surface area contributed by atoms with Crippen LogP contribution in [0.1, 0.15) is 58.1 Å². The second-order valence-electron chi connectivity index (χ2n) is 8.74. The van der Waals surface area contributed by atoms with E-state index >= 15 is 0 Å². The number of amides is 2. The molecule has 2 atom stereocenters. The Kier molecular flexibility index (Phi) is 6.15. The maximum atomic E-state index is 12.6. The fourth-order valence-corrected chi connectivity index (χ4v) is 3.75. The van der Waals surface area contributed by atoms with E-state index in [0.29, 0.717) is 25.1 Å². The Labute approximate surface area is 171 Å². The number of carbonyl (C=O) groups excluding carboxylic acids is 3. The van der Waals surface area contributed by atoms with E-state index in [2.05, 4.69) is 5.32 Å². The highest BCUT2D eigenvalue weighted by Gasteiger charge is 2.38. The Morgan fingerprint density at radius 1 is 1.14 bits per heavy atom. The van der Waals surface area contributed by atoms with Crippen molar-refractivity contribution in [3.63, 3.8) is 0 Å². The summed E-state index contributed by atoms with van der Waals surface area (Å²) in [7, 11) is 0. The molecular formula is C22H30N2O5. The van der Waals surface area contributed by atoms with Crippen molar-refractivity contribution < 1.29 is 23.9 Å². The Morgan fingerprint density at radius 3 is 2.59 bits per heavy atom. The van der Waals surface area contributed by atoms with Gasteiger partial charge in [0, 0.05) is 12.2 Å². The maximum Gasteiger partial charge on any atom is 0.411 e. The highest BCUT2D eigenvalue weighted by Crippen LogP contribution is 2.25. The molecule has 1 heterocycles. The maximum absolute atomic E-state index is 12.6. The zero-order valence-electron chi connectivity index (χ0n) is 17.6. The van der Waals surface area contributed by atoms with Crippen molar-refractivity contribution in [1.29, 1.82) is 0 Å². The fraction of sp³-hybridized carbons (Fsp3) is 0.591. The van der Waals surface area contributed by atoms with Crippen LogP contribution in [0.15, 0.2) is 18.2 Å². The number of ether oxygens (including phenoxy) is 2. The lowest BCUT2D eigenvalue weighted by molar-refractivity contribution is -0.157. The molecule has 0 unspecified atom stereocenters. The van der Waals surface area contributed by atoms with E-state index in [0.717, 1.165) is 19.3 Å². The molecule has 1 N–H and O–H groups in total. The summed E-state index contributed by atoms with van der Waals surface area (Å²) in [5.74, 6) is -0.969. The summed E-state index contributed by atoms with van der Waals surface area (Å²) in [6.45, 7) is 7.30. The zero-order chi connectivity index (χ0) is 21.2. The van der Waals surface area contributed by atoms with Crippen LogP contribution < -0.4 is 5.32 Å². The summed E-state index contributed by atoms with van der Waals surface area (Å²) in [6, 6.07) is 5.17. The van der Waals surface area contributed by atoms with Crippen molar-refractivity contribution in [2.75, 3.05) is 11.9 Å². The van der Waals surface area contributed by atoms with Gasteiger partial charge in [0.15, 0.2) is 6.10 Å². The molecule has 158 valence electrons. The summed E-state index contributed by atoms with van der Waals surface area (Å²) in [5, 5.41) is 2.81. The van der Waals surface area contributed by atoms with E-state index in [1.165, 1.54) is 23.0 Å². The number of fused-ring (bicyclic) bond motifs is 1. The number of aryl methyl sites for hydroxylation is 2. The standard InChI is InChI=1S/C22H30N2O5/c1-14(19(25)23-17-11-10-15-7-5-8-16(15)13-17)28-20(26)18-9-6-12-24(18)21(27)29-22(2,3)4/h10-11,13-14,18H,5-9,12H2,1-4H3,(H,23,25)/t14-,18+/m1/s1. The minimum absolute atomic E-state index is 0.391. The van der Waals surface area contributed by atoms with E-state index in [1.54, 1.807) is 20.8 Å². The Balaban J connectivity index is 1.56. The summed E-state index contributed by atoms with van der Waals surface area (Å²) in [4.78, 5) is 38.8. The molecule has 3 rings (SSSR count). The monoisotopic (exact) mass is 402 g/mol. The van der Waals surface area contributed by atoms with Gasteiger partial charge in [-0.25, -0.2) is 9.59 Å². The van der Waals surface area contributed by atoms with E-state index in [4.69, 9.17) is 9.47 Å². The minimum Gasteiger partial charge on any atom is -0.451 e. The average Bonchev–Trinajstić information content (AvgIpc) is 3.29. The van der Waals surface area contributed by atoms with Crippen LogP contribution in [0, 0.1) is 0 Å². The minimum atomic E-state index is -0.961. The molecule has 1 aliphatic heterocycles. The van der Waals surface area contributed by atoms with Gasteiger partial charge >= 0.3 is 12.1 Å². The van der Waals surface area contributed by atoms with Gasteiger partial charge in [-0.05, 0) is 83.1 Å². The van der Waals surface area contributed by atoms with Crippen LogP contribution in [0.5, 0.6) is 0 Å². The van der Waals surface area contributed by atoms with E-state index < -0.39 is 35.7 Å². The van der Waals surface area contributed by atoms with Crippen LogP contribution in [-0.4, -0.2) is 47.2 Å². The second-order valence-corrected chi connectivity index (χ2v) is 8.74. The molecule has 0 spiro atoms. The second kappa shape index (κ2) is 8.43. The molecule has 1 aliphatic carbocycles. The molecular weight excluding hydrogens is 372 g/mol. The Bertz CT molecular complexity index is 799. The lowest BCUT2D eigenvalue weighted by Gasteiger charge is -2.28. The summed E-state index contributed by atoms with van der Waals surface area (Å²) in [5.41, 5.74) is 2.64. The number of benzene rings is 1. The number of hydrogen-bond donors (Lipinski definition) is 1. The molecule has 0 aromatic heterocycles. The van der Waals surface area contributed by atoms with Crippen LogP contribution in [0.2, 0.25) is 0 Å². The predicted octanol–water partition coefficient (Wildman–Crippen LogP) is 3.45. The SMILES string of the molecule is C[C@@H](OC(=O)[C@@H]1CCCN1C(=O)OC(C)(C)C)C(=O)Nc1ccc2c(c1)CCC2. The topological polar surface area (TPSA) is 84.9 Å². The quantitative estimate of drug-likeness (QED) is 0.780. The van der Waals surface area contributed by atoms with Gasteiger partial charge < -0.3 is 14.8 Å². The van der Waals surface area contributed by atoms with E-state index in [9.17, 15) is 14.4 Å². The van der Waals surface area contributed by atoms with Crippen LogP contribution in [-0.2, 0) is 31.9 Å². The summed E-state index contributed by atoms with van der Waals surface area (Å²) >= 11 is 0. The highest BCUT2D eigenvalue weighted by molar-refractivity contribution is 5.95. The lowest BCUT2D eigenvalue weighted by Crippen LogP contribution is -2.45. The third-order valence-corrected chi connectivity index (χ3v) is 5.18. The third-order valence-electron chi connectivity index (χ3n) is 5.18. The van der Waals surface area contributed by atoms with Crippen LogP contribution in [0.25, 0.3) is 0 Å².